The van der Waals surface area contributed by atoms with Gasteiger partial charge in [-0.25, -0.2) is 0 Å². The number of allylic oxidation sites excluding steroid dienone is 2. The molecule has 1 saturated heterocycles. The van der Waals surface area contributed by atoms with Crippen molar-refractivity contribution < 1.29 is 23.7 Å². The Kier molecular flexibility index (Phi) is 10.9. The van der Waals surface area contributed by atoms with Gasteiger partial charge in [0.1, 0.15) is 0 Å². The van der Waals surface area contributed by atoms with Crippen molar-refractivity contribution in [2.45, 2.75) is 19.3 Å². The van der Waals surface area contributed by atoms with E-state index in [-0.39, 0.29) is 25.0 Å². The summed E-state index contributed by atoms with van der Waals surface area (Å²) in [7, 11) is 3.16. The number of carbonyl (C=O) groups is 1. The molecule has 0 aliphatic carbocycles. The molecule has 0 N–H and O–H groups in total. The minimum Gasteiger partial charge on any atom is -0.493 e. The highest BCUT2D eigenvalue weighted by Crippen LogP contribution is 2.30. The molecular formula is C33H38N2O5. The van der Waals surface area contributed by atoms with Crippen LogP contribution in [0, 0.1) is 0 Å². The first-order chi connectivity index (χ1) is 19.6. The molecule has 0 bridgehead atoms. The van der Waals surface area contributed by atoms with Crippen LogP contribution in [0.25, 0.3) is 6.08 Å². The third-order valence-corrected chi connectivity index (χ3v) is 6.90. The zero-order valence-electron chi connectivity index (χ0n) is 23.4. The van der Waals surface area contributed by atoms with Crippen LogP contribution in [-0.4, -0.2) is 69.2 Å². The van der Waals surface area contributed by atoms with Gasteiger partial charge in [0.2, 0.25) is 5.91 Å². The number of carbonyl (C=O) groups excluding carboxylic acids is 1. The average molecular weight is 543 g/mol. The van der Waals surface area contributed by atoms with Gasteiger partial charge in [0.05, 0.1) is 13.2 Å². The van der Waals surface area contributed by atoms with Gasteiger partial charge in [0.25, 0.3) is 0 Å². The summed E-state index contributed by atoms with van der Waals surface area (Å²) < 4.78 is 21.5. The lowest BCUT2D eigenvalue weighted by atomic mass is 9.96. The zero-order valence-corrected chi connectivity index (χ0v) is 23.4. The summed E-state index contributed by atoms with van der Waals surface area (Å²) in [6.45, 7) is 4.85. The lowest BCUT2D eigenvalue weighted by Gasteiger charge is -2.39. The second-order valence-corrected chi connectivity index (χ2v) is 9.45. The predicted octanol–water partition coefficient (Wildman–Crippen LogP) is 5.54. The lowest BCUT2D eigenvalue weighted by molar-refractivity contribution is -0.149. The van der Waals surface area contributed by atoms with Crippen LogP contribution in [0.3, 0.4) is 0 Å². The summed E-state index contributed by atoms with van der Waals surface area (Å²) in [5.41, 5.74) is 3.46. The number of ether oxygens (including phenoxy) is 4. The first-order valence-corrected chi connectivity index (χ1v) is 13.5. The Bertz CT molecular complexity index is 1210. The monoisotopic (exact) mass is 542 g/mol. The van der Waals surface area contributed by atoms with E-state index in [0.717, 1.165) is 18.7 Å². The molecule has 1 aliphatic heterocycles. The smallest absolute Gasteiger partial charge is 0.246 e. The van der Waals surface area contributed by atoms with E-state index in [1.807, 2.05) is 47.4 Å². The summed E-state index contributed by atoms with van der Waals surface area (Å²) >= 11 is 0. The van der Waals surface area contributed by atoms with Crippen molar-refractivity contribution in [1.29, 1.82) is 0 Å². The molecule has 1 heterocycles. The topological polar surface area (TPSA) is 60.5 Å². The Hall–Kier alpha value is -3.91. The molecular weight excluding hydrogens is 504 g/mol. The summed E-state index contributed by atoms with van der Waals surface area (Å²) in [6, 6.07) is 26.9. The Balaban J connectivity index is 1.30. The minimum absolute atomic E-state index is 0.0203. The number of rotatable bonds is 12. The van der Waals surface area contributed by atoms with Gasteiger partial charge in [-0.15, -0.1) is 0 Å². The molecule has 4 rings (SSSR count). The number of hydrogen-bond donors (Lipinski definition) is 0. The second-order valence-electron chi connectivity index (χ2n) is 9.45. The first-order valence-electron chi connectivity index (χ1n) is 13.5. The Labute approximate surface area is 237 Å². The molecule has 0 radical (unpaired) electrons. The van der Waals surface area contributed by atoms with E-state index >= 15 is 0 Å². The Morgan fingerprint density at radius 1 is 0.850 bits per heavy atom. The van der Waals surface area contributed by atoms with E-state index in [1.54, 1.807) is 33.3 Å². The first kappa shape index (κ1) is 29.1. The maximum atomic E-state index is 12.9. The summed E-state index contributed by atoms with van der Waals surface area (Å²) in [6.07, 6.45) is 6.82. The normalized spacial score (nSPS) is 15.2. The van der Waals surface area contributed by atoms with Crippen LogP contribution in [0.15, 0.2) is 97.1 Å². The molecule has 1 unspecified atom stereocenters. The van der Waals surface area contributed by atoms with Crippen LogP contribution in [0.4, 0.5) is 0 Å². The lowest BCUT2D eigenvalue weighted by Crippen LogP contribution is -2.49. The van der Waals surface area contributed by atoms with Crippen molar-refractivity contribution in [1.82, 2.24) is 9.80 Å². The molecule has 40 heavy (non-hydrogen) atoms. The fourth-order valence-corrected chi connectivity index (χ4v) is 4.66. The van der Waals surface area contributed by atoms with Crippen LogP contribution in [-0.2, 0) is 14.3 Å². The maximum Gasteiger partial charge on any atom is 0.246 e. The van der Waals surface area contributed by atoms with Gasteiger partial charge in [-0.05, 0) is 35.7 Å². The van der Waals surface area contributed by atoms with E-state index in [2.05, 4.69) is 53.4 Å². The molecule has 7 heteroatoms. The van der Waals surface area contributed by atoms with Crippen molar-refractivity contribution in [3.8, 4) is 11.5 Å². The highest BCUT2D eigenvalue weighted by molar-refractivity contribution is 5.88. The maximum absolute atomic E-state index is 12.9. The molecule has 7 nitrogen and oxygen atoms in total. The number of piperazine rings is 1. The molecule has 0 spiro atoms. The van der Waals surface area contributed by atoms with Crippen molar-refractivity contribution in [2.75, 3.05) is 47.2 Å². The molecule has 3 aromatic carbocycles. The van der Waals surface area contributed by atoms with Crippen LogP contribution >= 0.6 is 0 Å². The van der Waals surface area contributed by atoms with Crippen molar-refractivity contribution >= 4 is 12.0 Å². The fourth-order valence-electron chi connectivity index (χ4n) is 4.66. The quantitative estimate of drug-likeness (QED) is 0.170. The van der Waals surface area contributed by atoms with E-state index in [9.17, 15) is 4.79 Å². The number of benzene rings is 3. The molecule has 1 atom stereocenters. The average Bonchev–Trinajstić information content (AvgIpc) is 3.01. The van der Waals surface area contributed by atoms with Gasteiger partial charge in [-0.1, -0.05) is 85.0 Å². The standard InChI is InChI=1S/C33H38N2O5/c1-26(37-2)39-25-40-30-19-18-27(24-31(30)38-3)12-10-11-17-32(36)34-20-22-35(23-21-34)33(28-13-6-4-7-14-28)29-15-8-5-9-16-29/h4-19,24,26,33H,20-23,25H2,1-3H3/b12-10+,17-11+. The highest BCUT2D eigenvalue weighted by atomic mass is 16.7. The van der Waals surface area contributed by atoms with Crippen LogP contribution in [0.1, 0.15) is 29.7 Å². The number of hydrogen-bond acceptors (Lipinski definition) is 6. The van der Waals surface area contributed by atoms with Crippen LogP contribution in [0.5, 0.6) is 11.5 Å². The van der Waals surface area contributed by atoms with Gasteiger partial charge in [-0.3, -0.25) is 9.69 Å². The molecule has 1 fully saturated rings. The summed E-state index contributed by atoms with van der Waals surface area (Å²) in [4.78, 5) is 17.2. The third kappa shape index (κ3) is 8.05. The van der Waals surface area contributed by atoms with Crippen molar-refractivity contribution in [3.63, 3.8) is 0 Å². The SMILES string of the molecule is COc1cc(/C=C/C=C/C(=O)N2CCN(C(c3ccccc3)c3ccccc3)CC2)ccc1OCOC(C)OC. The van der Waals surface area contributed by atoms with E-state index < -0.39 is 0 Å². The van der Waals surface area contributed by atoms with E-state index in [4.69, 9.17) is 18.9 Å². The summed E-state index contributed by atoms with van der Waals surface area (Å²) in [5.74, 6) is 1.19. The minimum atomic E-state index is -0.355. The number of amides is 1. The van der Waals surface area contributed by atoms with E-state index in [0.29, 0.717) is 24.6 Å². The van der Waals surface area contributed by atoms with Gasteiger partial charge in [-0.2, -0.15) is 0 Å². The van der Waals surface area contributed by atoms with Crippen molar-refractivity contribution in [2.24, 2.45) is 0 Å². The molecule has 210 valence electrons. The largest absolute Gasteiger partial charge is 0.493 e. The Morgan fingerprint density at radius 2 is 1.50 bits per heavy atom. The molecule has 3 aromatic rings. The van der Waals surface area contributed by atoms with Gasteiger partial charge < -0.3 is 23.8 Å². The third-order valence-electron chi connectivity index (χ3n) is 6.90. The fraction of sp³-hybridized carbons (Fsp3) is 0.303. The van der Waals surface area contributed by atoms with Gasteiger partial charge in [0, 0.05) is 39.4 Å². The van der Waals surface area contributed by atoms with E-state index in [1.165, 1.54) is 11.1 Å². The highest BCUT2D eigenvalue weighted by Gasteiger charge is 2.27. The molecule has 0 aromatic heterocycles. The number of methoxy groups -OCH3 is 2. The van der Waals surface area contributed by atoms with Gasteiger partial charge in [0.15, 0.2) is 24.6 Å². The second kappa shape index (κ2) is 15.0. The summed E-state index contributed by atoms with van der Waals surface area (Å²) in [5, 5.41) is 0. The Morgan fingerprint density at radius 3 is 2.10 bits per heavy atom. The van der Waals surface area contributed by atoms with Crippen molar-refractivity contribution in [3.05, 3.63) is 114 Å². The molecule has 0 saturated carbocycles. The zero-order chi connectivity index (χ0) is 28.2. The van der Waals surface area contributed by atoms with Crippen LogP contribution in [0.2, 0.25) is 0 Å². The predicted molar refractivity (Wildman–Crippen MR) is 157 cm³/mol. The molecule has 1 amide bonds. The van der Waals surface area contributed by atoms with Gasteiger partial charge >= 0.3 is 0 Å². The van der Waals surface area contributed by atoms with Crippen LogP contribution < -0.4 is 9.47 Å². The number of nitrogens with zero attached hydrogens (tertiary/aromatic N) is 2. The molecule has 1 aliphatic rings.